The van der Waals surface area contributed by atoms with E-state index < -0.39 is 40.4 Å². The van der Waals surface area contributed by atoms with Crippen LogP contribution in [0.2, 0.25) is 0 Å². The van der Waals surface area contributed by atoms with Gasteiger partial charge in [0, 0.05) is 24.7 Å². The molecule has 2 rings (SSSR count). The monoisotopic (exact) mass is 368 g/mol. The van der Waals surface area contributed by atoms with Gasteiger partial charge in [0.05, 0.1) is 11.1 Å². The molecule has 2 N–H and O–H groups in total. The van der Waals surface area contributed by atoms with Gasteiger partial charge in [-0.1, -0.05) is 13.8 Å². The molecule has 1 aliphatic rings. The lowest BCUT2D eigenvalue weighted by Crippen LogP contribution is -2.54. The summed E-state index contributed by atoms with van der Waals surface area (Å²) in [5.41, 5.74) is 1.82. The standard InChI is InChI=1S/C16H18F6N2O/c1-14(2)8-24(4-3-12(14)23)13(25)9-5-10(15(17,18)19)7-11(6-9)16(20,21)22/h5-7,12H,3-4,8,23H2,1-2H3. The number of rotatable bonds is 1. The van der Waals surface area contributed by atoms with Crippen molar-refractivity contribution in [1.82, 2.24) is 4.90 Å². The molecule has 0 saturated carbocycles. The number of carbonyl (C=O) groups excluding carboxylic acids is 1. The first-order valence-corrected chi connectivity index (χ1v) is 7.56. The Morgan fingerprint density at radius 3 is 1.96 bits per heavy atom. The zero-order chi connectivity index (χ0) is 19.2. The second-order valence-electron chi connectivity index (χ2n) is 6.91. The SMILES string of the molecule is CC1(C)CN(C(=O)c2cc(C(F)(F)F)cc(C(F)(F)F)c2)CCC1N. The predicted molar refractivity (Wildman–Crippen MR) is 78.7 cm³/mol. The van der Waals surface area contributed by atoms with Crippen LogP contribution < -0.4 is 5.73 Å². The van der Waals surface area contributed by atoms with Gasteiger partial charge in [0.2, 0.25) is 0 Å². The highest BCUT2D eigenvalue weighted by molar-refractivity contribution is 5.94. The minimum atomic E-state index is -4.99. The molecule has 0 aromatic heterocycles. The lowest BCUT2D eigenvalue weighted by molar-refractivity contribution is -0.143. The molecule has 1 saturated heterocycles. The highest BCUT2D eigenvalue weighted by Crippen LogP contribution is 2.37. The number of halogens is 6. The van der Waals surface area contributed by atoms with Gasteiger partial charge >= 0.3 is 12.4 Å². The second-order valence-corrected chi connectivity index (χ2v) is 6.91. The Morgan fingerprint density at radius 2 is 1.56 bits per heavy atom. The van der Waals surface area contributed by atoms with Gasteiger partial charge < -0.3 is 10.6 Å². The molecule has 1 atom stereocenters. The van der Waals surface area contributed by atoms with Gasteiger partial charge in [0.15, 0.2) is 0 Å². The van der Waals surface area contributed by atoms with Crippen LogP contribution in [0.3, 0.4) is 0 Å². The van der Waals surface area contributed by atoms with E-state index in [-0.39, 0.29) is 25.2 Å². The number of hydrogen-bond acceptors (Lipinski definition) is 2. The predicted octanol–water partition coefficient (Wildman–Crippen LogP) is 3.92. The fourth-order valence-corrected chi connectivity index (χ4v) is 2.81. The van der Waals surface area contributed by atoms with Crippen molar-refractivity contribution in [2.45, 2.75) is 38.7 Å². The van der Waals surface area contributed by atoms with E-state index in [1.165, 1.54) is 4.90 Å². The molecule has 1 heterocycles. The number of amides is 1. The first kappa shape index (κ1) is 19.6. The van der Waals surface area contributed by atoms with Crippen LogP contribution in [0.1, 0.15) is 41.8 Å². The van der Waals surface area contributed by atoms with Crippen LogP contribution in [0.4, 0.5) is 26.3 Å². The largest absolute Gasteiger partial charge is 0.416 e. The van der Waals surface area contributed by atoms with Crippen molar-refractivity contribution < 1.29 is 31.1 Å². The van der Waals surface area contributed by atoms with Crippen LogP contribution >= 0.6 is 0 Å². The Hall–Kier alpha value is -1.77. The number of piperidine rings is 1. The van der Waals surface area contributed by atoms with Crippen molar-refractivity contribution in [3.63, 3.8) is 0 Å². The van der Waals surface area contributed by atoms with Crippen molar-refractivity contribution in [2.75, 3.05) is 13.1 Å². The summed E-state index contributed by atoms with van der Waals surface area (Å²) < 4.78 is 77.4. The molecule has 1 amide bonds. The average Bonchev–Trinajstić information content (AvgIpc) is 2.47. The number of hydrogen-bond donors (Lipinski definition) is 1. The Kier molecular flexibility index (Phi) is 4.84. The van der Waals surface area contributed by atoms with Crippen molar-refractivity contribution in [2.24, 2.45) is 11.1 Å². The fourth-order valence-electron chi connectivity index (χ4n) is 2.81. The summed E-state index contributed by atoms with van der Waals surface area (Å²) in [5, 5.41) is 0. The number of benzene rings is 1. The molecule has 9 heteroatoms. The quantitative estimate of drug-likeness (QED) is 0.764. The molecule has 25 heavy (non-hydrogen) atoms. The van der Waals surface area contributed by atoms with Gasteiger partial charge in [-0.15, -0.1) is 0 Å². The van der Waals surface area contributed by atoms with Gasteiger partial charge in [-0.3, -0.25) is 4.79 Å². The van der Waals surface area contributed by atoms with E-state index in [0.717, 1.165) is 0 Å². The van der Waals surface area contributed by atoms with Crippen LogP contribution in [-0.2, 0) is 12.4 Å². The van der Waals surface area contributed by atoms with Crippen LogP contribution in [0.15, 0.2) is 18.2 Å². The van der Waals surface area contributed by atoms with E-state index in [1.807, 2.05) is 0 Å². The smallest absolute Gasteiger partial charge is 0.338 e. The van der Waals surface area contributed by atoms with Crippen LogP contribution in [0.5, 0.6) is 0 Å². The fraction of sp³-hybridized carbons (Fsp3) is 0.562. The van der Waals surface area contributed by atoms with Gasteiger partial charge in [-0.05, 0) is 30.0 Å². The zero-order valence-corrected chi connectivity index (χ0v) is 13.6. The molecular weight excluding hydrogens is 350 g/mol. The van der Waals surface area contributed by atoms with E-state index >= 15 is 0 Å². The molecule has 0 aliphatic carbocycles. The minimum absolute atomic E-state index is 0.00678. The summed E-state index contributed by atoms with van der Waals surface area (Å²) in [4.78, 5) is 13.8. The molecule has 0 radical (unpaired) electrons. The molecule has 1 aliphatic heterocycles. The Morgan fingerprint density at radius 1 is 1.08 bits per heavy atom. The Bertz CT molecular complexity index is 633. The third-order valence-electron chi connectivity index (χ3n) is 4.43. The van der Waals surface area contributed by atoms with E-state index in [4.69, 9.17) is 5.73 Å². The lowest BCUT2D eigenvalue weighted by atomic mass is 9.79. The molecule has 1 fully saturated rings. The Labute approximate surface area is 140 Å². The summed E-state index contributed by atoms with van der Waals surface area (Å²) in [6, 6.07) is 0.717. The van der Waals surface area contributed by atoms with Crippen molar-refractivity contribution in [3.05, 3.63) is 34.9 Å². The highest BCUT2D eigenvalue weighted by atomic mass is 19.4. The summed E-state index contributed by atoms with van der Waals surface area (Å²) in [6.07, 6.45) is -9.55. The summed E-state index contributed by atoms with van der Waals surface area (Å²) in [7, 11) is 0. The minimum Gasteiger partial charge on any atom is -0.338 e. The van der Waals surface area contributed by atoms with Crippen molar-refractivity contribution in [3.8, 4) is 0 Å². The first-order chi connectivity index (χ1) is 11.2. The molecule has 3 nitrogen and oxygen atoms in total. The van der Waals surface area contributed by atoms with Gasteiger partial charge in [-0.25, -0.2) is 0 Å². The van der Waals surface area contributed by atoms with Crippen molar-refractivity contribution in [1.29, 1.82) is 0 Å². The number of nitrogens with two attached hydrogens (primary N) is 1. The van der Waals surface area contributed by atoms with E-state index in [0.29, 0.717) is 18.6 Å². The third-order valence-corrected chi connectivity index (χ3v) is 4.43. The van der Waals surface area contributed by atoms with Crippen LogP contribution in [0.25, 0.3) is 0 Å². The molecule has 1 unspecified atom stereocenters. The second kappa shape index (κ2) is 6.19. The normalized spacial score (nSPS) is 21.3. The molecule has 0 bridgehead atoms. The first-order valence-electron chi connectivity index (χ1n) is 7.56. The molecular formula is C16H18F6N2O. The topological polar surface area (TPSA) is 46.3 Å². The maximum absolute atomic E-state index is 12.9. The third kappa shape index (κ3) is 4.26. The van der Waals surface area contributed by atoms with Crippen molar-refractivity contribution >= 4 is 5.91 Å². The Balaban J connectivity index is 2.42. The zero-order valence-electron chi connectivity index (χ0n) is 13.6. The lowest BCUT2D eigenvalue weighted by Gasteiger charge is -2.42. The van der Waals surface area contributed by atoms with E-state index in [2.05, 4.69) is 0 Å². The summed E-state index contributed by atoms with van der Waals surface area (Å²) >= 11 is 0. The van der Waals surface area contributed by atoms with Gasteiger partial charge in [0.25, 0.3) is 5.91 Å². The molecule has 140 valence electrons. The summed E-state index contributed by atoms with van der Waals surface area (Å²) in [5.74, 6) is -0.864. The number of carbonyl (C=O) groups is 1. The van der Waals surface area contributed by atoms with E-state index in [1.54, 1.807) is 13.8 Å². The number of nitrogens with zero attached hydrogens (tertiary/aromatic N) is 1. The number of alkyl halides is 6. The number of likely N-dealkylation sites (tertiary alicyclic amines) is 1. The van der Waals surface area contributed by atoms with Gasteiger partial charge in [0.1, 0.15) is 0 Å². The maximum Gasteiger partial charge on any atom is 0.416 e. The average molecular weight is 368 g/mol. The highest BCUT2D eigenvalue weighted by Gasteiger charge is 2.39. The molecule has 0 spiro atoms. The van der Waals surface area contributed by atoms with Gasteiger partial charge in [-0.2, -0.15) is 26.3 Å². The van der Waals surface area contributed by atoms with E-state index in [9.17, 15) is 31.1 Å². The van der Waals surface area contributed by atoms with Crippen LogP contribution in [-0.4, -0.2) is 29.9 Å². The molecule has 1 aromatic rings. The summed E-state index contributed by atoms with van der Waals surface area (Å²) in [6.45, 7) is 3.93. The maximum atomic E-state index is 12.9. The van der Waals surface area contributed by atoms with Crippen LogP contribution in [0, 0.1) is 5.41 Å². The molecule has 1 aromatic carbocycles.